The molecule has 0 saturated heterocycles. The van der Waals surface area contributed by atoms with Crippen molar-refractivity contribution in [2.24, 2.45) is 5.92 Å². The van der Waals surface area contributed by atoms with Gasteiger partial charge in [0.05, 0.1) is 0 Å². The summed E-state index contributed by atoms with van der Waals surface area (Å²) in [5.74, 6) is 12.2. The molecule has 2 aromatic carbocycles. The van der Waals surface area contributed by atoms with Crippen LogP contribution in [0.3, 0.4) is 0 Å². The molecule has 0 fully saturated rings. The van der Waals surface area contributed by atoms with Crippen molar-refractivity contribution in [2.75, 3.05) is 6.61 Å². The Balaban J connectivity index is 2.58. The van der Waals surface area contributed by atoms with E-state index in [1.165, 1.54) is 0 Å². The van der Waals surface area contributed by atoms with Gasteiger partial charge in [-0.15, -0.1) is 5.92 Å². The molecule has 284 valence electrons. The number of ketones is 1. The number of hydrogen-bond donors (Lipinski definition) is 1. The van der Waals surface area contributed by atoms with Crippen molar-refractivity contribution in [2.45, 2.75) is 142 Å². The van der Waals surface area contributed by atoms with Crippen LogP contribution in [0.2, 0.25) is 23.2 Å². The van der Waals surface area contributed by atoms with Gasteiger partial charge in [0, 0.05) is 19.3 Å². The lowest BCUT2D eigenvalue weighted by Gasteiger charge is -2.45. The fourth-order valence-corrected chi connectivity index (χ4v) is 11.7. The second kappa shape index (κ2) is 19.2. The van der Waals surface area contributed by atoms with Gasteiger partial charge in [-0.1, -0.05) is 132 Å². The second-order valence-corrected chi connectivity index (χ2v) is 26.3. The zero-order chi connectivity index (χ0) is 39.4. The highest BCUT2D eigenvalue weighted by Gasteiger charge is 2.51. The van der Waals surface area contributed by atoms with E-state index in [1.54, 1.807) is 20.8 Å². The predicted molar refractivity (Wildman–Crippen MR) is 219 cm³/mol. The fraction of sp³-hybridized carbons (Fsp3) is 0.545. The van der Waals surface area contributed by atoms with Crippen molar-refractivity contribution in [3.8, 4) is 23.7 Å². The maximum Gasteiger partial charge on any atom is 0.313 e. The van der Waals surface area contributed by atoms with Gasteiger partial charge in [-0.2, -0.15) is 0 Å². The first kappa shape index (κ1) is 44.9. The molecule has 0 spiro atoms. The topological polar surface area (TPSA) is 82.1 Å². The number of Topliss-reactive ketones (excluding diaryl/α,β-unsaturated/α-hetero) is 1. The van der Waals surface area contributed by atoms with Gasteiger partial charge in [0.25, 0.3) is 8.32 Å². The summed E-state index contributed by atoms with van der Waals surface area (Å²) in [5.41, 5.74) is 0.230. The summed E-state index contributed by atoms with van der Waals surface area (Å²) < 4.78 is 19.8. The van der Waals surface area contributed by atoms with Gasteiger partial charge in [-0.25, -0.2) is 0 Å². The smallest absolute Gasteiger partial charge is 0.313 e. The lowest BCUT2D eigenvalue weighted by atomic mass is 9.90. The molecule has 0 bridgehead atoms. The van der Waals surface area contributed by atoms with Crippen LogP contribution in [0.4, 0.5) is 0 Å². The molecule has 0 radical (unpaired) electrons. The third-order valence-electron chi connectivity index (χ3n) is 9.56. The minimum Gasteiger partial charge on any atom is -0.460 e. The average molecular weight is 745 g/mol. The Morgan fingerprint density at radius 2 is 1.29 bits per heavy atom. The zero-order valence-corrected chi connectivity index (χ0v) is 35.9. The van der Waals surface area contributed by atoms with Crippen molar-refractivity contribution in [1.29, 1.82) is 0 Å². The zero-order valence-electron chi connectivity index (χ0n) is 33.9. The molecule has 52 heavy (non-hydrogen) atoms. The standard InChI is InChI=1S/C44H64O6Si2/c1-34(2)35(31-36(46)32-41(47)48-42(3,4)5)23-20-21-24-38(33-37(25-22-30-45)49-51(12,13)43(6,7)8)50-52(44(9,10)11,39-26-16-14-17-27-39)40-28-18-15-19-29-40/h14-19,26-29,35,37-38,45H,1,20,23,30-33H2,2-13H3/t35-,37?,38?/m1/s1. The van der Waals surface area contributed by atoms with Crippen molar-refractivity contribution in [3.05, 3.63) is 72.8 Å². The monoisotopic (exact) mass is 744 g/mol. The Hall–Kier alpha value is -3.25. The van der Waals surface area contributed by atoms with Gasteiger partial charge in [-0.05, 0) is 73.6 Å². The van der Waals surface area contributed by atoms with Crippen molar-refractivity contribution >= 4 is 38.8 Å². The normalized spacial score (nSPS) is 14.2. The minimum atomic E-state index is -3.01. The molecule has 0 aliphatic heterocycles. The second-order valence-electron chi connectivity index (χ2n) is 17.3. The van der Waals surface area contributed by atoms with E-state index in [2.05, 4.69) is 133 Å². The number of rotatable bonds is 15. The van der Waals surface area contributed by atoms with Crippen LogP contribution in [0, 0.1) is 29.6 Å². The van der Waals surface area contributed by atoms with Crippen molar-refractivity contribution < 1.29 is 28.3 Å². The third-order valence-corrected chi connectivity index (χ3v) is 19.1. The van der Waals surface area contributed by atoms with E-state index in [0.29, 0.717) is 19.3 Å². The van der Waals surface area contributed by atoms with Crippen LogP contribution in [-0.4, -0.2) is 57.9 Å². The molecule has 1 N–H and O–H groups in total. The number of allylic oxidation sites excluding steroid dienone is 1. The number of carbonyl (C=O) groups is 2. The fourth-order valence-electron chi connectivity index (χ4n) is 5.90. The first-order chi connectivity index (χ1) is 24.0. The summed E-state index contributed by atoms with van der Waals surface area (Å²) >= 11 is 0. The SMILES string of the molecule is C=C(C)[C@H](CCC#CC(CC(C#CCO)O[Si](C)(C)C(C)(C)C)O[Si](c1ccccc1)(c1ccccc1)C(C)(C)C)CC(=O)CC(=O)OC(C)(C)C. The number of aliphatic hydroxyl groups excluding tert-OH is 1. The largest absolute Gasteiger partial charge is 0.460 e. The van der Waals surface area contributed by atoms with Crippen LogP contribution in [0.1, 0.15) is 101 Å². The molecule has 8 heteroatoms. The van der Waals surface area contributed by atoms with Gasteiger partial charge in [0.2, 0.25) is 0 Å². The van der Waals surface area contributed by atoms with E-state index in [9.17, 15) is 14.7 Å². The number of esters is 1. The molecule has 2 aromatic rings. The van der Waals surface area contributed by atoms with Crippen LogP contribution >= 0.6 is 0 Å². The van der Waals surface area contributed by atoms with E-state index >= 15 is 0 Å². The summed E-state index contributed by atoms with van der Waals surface area (Å²) in [7, 11) is -5.27. The van der Waals surface area contributed by atoms with Crippen LogP contribution in [0.5, 0.6) is 0 Å². The quantitative estimate of drug-likeness (QED) is 0.0649. The molecule has 0 saturated carbocycles. The third kappa shape index (κ3) is 13.6. The van der Waals surface area contributed by atoms with Gasteiger partial charge in [0.15, 0.2) is 8.32 Å². The molecule has 0 aliphatic carbocycles. The summed E-state index contributed by atoms with van der Waals surface area (Å²) in [6.45, 7) is 28.9. The van der Waals surface area contributed by atoms with Crippen LogP contribution in [-0.2, 0) is 23.2 Å². The molecule has 3 atom stereocenters. The van der Waals surface area contributed by atoms with Crippen LogP contribution < -0.4 is 10.4 Å². The first-order valence-electron chi connectivity index (χ1n) is 18.5. The molecular weight excluding hydrogens is 681 g/mol. The summed E-state index contributed by atoms with van der Waals surface area (Å²) in [6, 6.07) is 21.0. The molecule has 0 amide bonds. The van der Waals surface area contributed by atoms with E-state index in [0.717, 1.165) is 15.9 Å². The maximum atomic E-state index is 12.9. The number of ether oxygens (including phenoxy) is 1. The van der Waals surface area contributed by atoms with Gasteiger partial charge in [0.1, 0.15) is 36.6 Å². The molecule has 0 heterocycles. The lowest BCUT2D eigenvalue weighted by molar-refractivity contribution is -0.156. The summed E-state index contributed by atoms with van der Waals surface area (Å²) in [5, 5.41) is 11.7. The summed E-state index contributed by atoms with van der Waals surface area (Å²) in [4.78, 5) is 25.2. The minimum absolute atomic E-state index is 0.0509. The highest BCUT2D eigenvalue weighted by Crippen LogP contribution is 2.40. The lowest BCUT2D eigenvalue weighted by Crippen LogP contribution is -2.67. The Bertz CT molecular complexity index is 1550. The van der Waals surface area contributed by atoms with Gasteiger partial charge in [-0.3, -0.25) is 9.59 Å². The molecule has 0 aliphatic rings. The highest BCUT2D eigenvalue weighted by atomic mass is 28.4. The number of carbonyl (C=O) groups excluding carboxylic acids is 2. The van der Waals surface area contributed by atoms with E-state index < -0.39 is 40.4 Å². The maximum absolute atomic E-state index is 12.9. The van der Waals surface area contributed by atoms with E-state index in [4.69, 9.17) is 13.6 Å². The molecule has 2 unspecified atom stereocenters. The Labute approximate surface area is 317 Å². The van der Waals surface area contributed by atoms with E-state index in [-0.39, 0.29) is 41.2 Å². The van der Waals surface area contributed by atoms with Crippen LogP contribution in [0.15, 0.2) is 72.8 Å². The average Bonchev–Trinajstić information content (AvgIpc) is 3.02. The predicted octanol–water partition coefficient (Wildman–Crippen LogP) is 8.37. The number of benzene rings is 2. The Kier molecular flexibility index (Phi) is 16.6. The molecular formula is C44H64O6Si2. The molecule has 2 rings (SSSR count). The van der Waals surface area contributed by atoms with Gasteiger partial charge >= 0.3 is 5.97 Å². The van der Waals surface area contributed by atoms with Crippen molar-refractivity contribution in [3.63, 3.8) is 0 Å². The molecule has 6 nitrogen and oxygen atoms in total. The Morgan fingerprint density at radius 3 is 1.73 bits per heavy atom. The van der Waals surface area contributed by atoms with E-state index in [1.807, 2.05) is 19.1 Å². The Morgan fingerprint density at radius 1 is 0.788 bits per heavy atom. The molecule has 0 aromatic heterocycles. The number of hydrogen-bond acceptors (Lipinski definition) is 6. The number of aliphatic hydroxyl groups is 1. The summed E-state index contributed by atoms with van der Waals surface area (Å²) in [6.07, 6.45) is 0.416. The van der Waals surface area contributed by atoms with Gasteiger partial charge < -0.3 is 18.7 Å². The first-order valence-corrected chi connectivity index (χ1v) is 23.3. The van der Waals surface area contributed by atoms with Crippen LogP contribution in [0.25, 0.3) is 0 Å². The van der Waals surface area contributed by atoms with Crippen molar-refractivity contribution in [1.82, 2.24) is 0 Å². The highest BCUT2D eigenvalue weighted by molar-refractivity contribution is 6.99.